The fourth-order valence-electron chi connectivity index (χ4n) is 3.19. The number of carbonyl (C=O) groups excluding carboxylic acids is 1. The normalized spacial score (nSPS) is 11.0. The first kappa shape index (κ1) is 20.2. The van der Waals surface area contributed by atoms with Gasteiger partial charge in [0.05, 0.1) is 31.7 Å². The van der Waals surface area contributed by atoms with Crippen molar-refractivity contribution >= 4 is 67.8 Å². The van der Waals surface area contributed by atoms with Crippen LogP contribution in [0.15, 0.2) is 72.1 Å². The number of aromatic nitrogens is 2. The number of hydrogen-bond donors (Lipinski definition) is 1. The Hall–Kier alpha value is -2.77. The second-order valence-corrected chi connectivity index (χ2v) is 9.68. The standard InChI is InChI=1S/C23H13Cl2N3OS2/c24-14-7-5-13(6-8-14)19-12-30-23(27-19)28-22(29)16-11-18(20-9-10-21(25)31-20)26-17-4-2-1-3-15(16)17/h1-12H,(H,27,28,29). The maximum Gasteiger partial charge on any atom is 0.258 e. The minimum atomic E-state index is -0.237. The number of thiophene rings is 1. The molecule has 0 fully saturated rings. The Morgan fingerprint density at radius 1 is 0.903 bits per heavy atom. The number of nitrogens with one attached hydrogen (secondary N) is 1. The number of anilines is 1. The fourth-order valence-corrected chi connectivity index (χ4v) is 5.03. The number of halogens is 2. The van der Waals surface area contributed by atoms with Crippen LogP contribution in [0.25, 0.3) is 32.7 Å². The minimum absolute atomic E-state index is 0.237. The number of para-hydroxylation sites is 1. The van der Waals surface area contributed by atoms with Crippen LogP contribution < -0.4 is 5.32 Å². The lowest BCUT2D eigenvalue weighted by Crippen LogP contribution is -2.13. The molecule has 8 heteroatoms. The van der Waals surface area contributed by atoms with E-state index in [1.807, 2.05) is 66.0 Å². The van der Waals surface area contributed by atoms with Crippen LogP contribution >= 0.6 is 45.9 Å². The molecule has 0 unspecified atom stereocenters. The van der Waals surface area contributed by atoms with Crippen molar-refractivity contribution in [1.29, 1.82) is 0 Å². The highest BCUT2D eigenvalue weighted by Crippen LogP contribution is 2.33. The predicted octanol–water partition coefficient (Wildman–Crippen LogP) is 7.65. The van der Waals surface area contributed by atoms with E-state index in [1.165, 1.54) is 22.7 Å². The van der Waals surface area contributed by atoms with Crippen molar-refractivity contribution in [2.45, 2.75) is 0 Å². The number of benzene rings is 2. The SMILES string of the molecule is O=C(Nc1nc(-c2ccc(Cl)cc2)cs1)c1cc(-c2ccc(Cl)s2)nc2ccccc12. The van der Waals surface area contributed by atoms with Crippen molar-refractivity contribution in [2.75, 3.05) is 5.32 Å². The first-order chi connectivity index (χ1) is 15.1. The zero-order valence-corrected chi connectivity index (χ0v) is 18.9. The third kappa shape index (κ3) is 4.20. The van der Waals surface area contributed by atoms with Crippen LogP contribution in [0.3, 0.4) is 0 Å². The van der Waals surface area contributed by atoms with Crippen LogP contribution in [-0.4, -0.2) is 15.9 Å². The van der Waals surface area contributed by atoms with E-state index < -0.39 is 0 Å². The minimum Gasteiger partial charge on any atom is -0.298 e. The van der Waals surface area contributed by atoms with Gasteiger partial charge in [-0.05, 0) is 36.4 Å². The molecule has 0 atom stereocenters. The van der Waals surface area contributed by atoms with E-state index in [0.717, 1.165) is 27.0 Å². The third-order valence-corrected chi connectivity index (χ3v) is 6.91. The maximum absolute atomic E-state index is 13.2. The summed E-state index contributed by atoms with van der Waals surface area (Å²) in [6, 6.07) is 20.5. The molecule has 0 aliphatic rings. The fraction of sp³-hybridized carbons (Fsp3) is 0. The van der Waals surface area contributed by atoms with E-state index >= 15 is 0 Å². The molecule has 31 heavy (non-hydrogen) atoms. The monoisotopic (exact) mass is 481 g/mol. The van der Waals surface area contributed by atoms with Crippen molar-refractivity contribution in [3.63, 3.8) is 0 Å². The lowest BCUT2D eigenvalue weighted by atomic mass is 10.1. The molecule has 1 N–H and O–H groups in total. The van der Waals surface area contributed by atoms with Crippen LogP contribution in [0.1, 0.15) is 10.4 Å². The van der Waals surface area contributed by atoms with Gasteiger partial charge < -0.3 is 0 Å². The van der Waals surface area contributed by atoms with Crippen LogP contribution in [-0.2, 0) is 0 Å². The molecule has 3 aromatic heterocycles. The Bertz CT molecular complexity index is 1410. The van der Waals surface area contributed by atoms with Crippen molar-refractivity contribution in [3.05, 3.63) is 87.0 Å². The summed E-state index contributed by atoms with van der Waals surface area (Å²) >= 11 is 14.9. The number of pyridine rings is 1. The van der Waals surface area contributed by atoms with Crippen LogP contribution in [0.2, 0.25) is 9.36 Å². The zero-order valence-electron chi connectivity index (χ0n) is 15.8. The summed E-state index contributed by atoms with van der Waals surface area (Å²) < 4.78 is 0.675. The molecule has 4 nitrogen and oxygen atoms in total. The van der Waals surface area contributed by atoms with Gasteiger partial charge in [-0.2, -0.15) is 0 Å². The number of rotatable bonds is 4. The maximum atomic E-state index is 13.2. The van der Waals surface area contributed by atoms with Gasteiger partial charge in [-0.15, -0.1) is 22.7 Å². The van der Waals surface area contributed by atoms with Crippen LogP contribution in [0.5, 0.6) is 0 Å². The Labute approximate surface area is 196 Å². The molecular formula is C23H13Cl2N3OS2. The molecular weight excluding hydrogens is 469 g/mol. The van der Waals surface area contributed by atoms with E-state index in [2.05, 4.69) is 10.3 Å². The second kappa shape index (κ2) is 8.40. The van der Waals surface area contributed by atoms with Gasteiger partial charge in [0.15, 0.2) is 5.13 Å². The summed E-state index contributed by atoms with van der Waals surface area (Å²) in [6.45, 7) is 0. The van der Waals surface area contributed by atoms with Gasteiger partial charge in [-0.3, -0.25) is 10.1 Å². The van der Waals surface area contributed by atoms with Gasteiger partial charge >= 0.3 is 0 Å². The second-order valence-electron chi connectivity index (χ2n) is 6.67. The number of hydrogen-bond acceptors (Lipinski definition) is 5. The van der Waals surface area contributed by atoms with Crippen molar-refractivity contribution in [2.24, 2.45) is 0 Å². The topological polar surface area (TPSA) is 54.9 Å². The largest absolute Gasteiger partial charge is 0.298 e. The summed E-state index contributed by atoms with van der Waals surface area (Å²) in [4.78, 5) is 23.4. The molecule has 0 saturated heterocycles. The van der Waals surface area contributed by atoms with Crippen LogP contribution in [0.4, 0.5) is 5.13 Å². The van der Waals surface area contributed by atoms with Gasteiger partial charge in [-0.25, -0.2) is 9.97 Å². The van der Waals surface area contributed by atoms with Gasteiger partial charge in [0.2, 0.25) is 0 Å². The molecule has 5 aromatic rings. The molecule has 0 radical (unpaired) electrons. The highest BCUT2D eigenvalue weighted by atomic mass is 35.5. The zero-order chi connectivity index (χ0) is 21.4. The first-order valence-corrected chi connectivity index (χ1v) is 11.7. The lowest BCUT2D eigenvalue weighted by molar-refractivity contribution is 0.102. The average molecular weight is 482 g/mol. The summed E-state index contributed by atoms with van der Waals surface area (Å²) in [5.74, 6) is -0.237. The molecule has 152 valence electrons. The average Bonchev–Trinajstić information content (AvgIpc) is 3.42. The van der Waals surface area contributed by atoms with E-state index in [1.54, 1.807) is 6.07 Å². The van der Waals surface area contributed by atoms with E-state index in [-0.39, 0.29) is 5.91 Å². The molecule has 0 saturated carbocycles. The van der Waals surface area contributed by atoms with Gasteiger partial charge in [0, 0.05) is 21.4 Å². The van der Waals surface area contributed by atoms with E-state index in [4.69, 9.17) is 28.2 Å². The van der Waals surface area contributed by atoms with Gasteiger partial charge in [0.25, 0.3) is 5.91 Å². The Kier molecular flexibility index (Phi) is 5.46. The number of carbonyl (C=O) groups is 1. The summed E-state index contributed by atoms with van der Waals surface area (Å²) in [7, 11) is 0. The molecule has 3 heterocycles. The molecule has 0 aliphatic carbocycles. The van der Waals surface area contributed by atoms with Gasteiger partial charge in [-0.1, -0.05) is 53.5 Å². The third-order valence-electron chi connectivity index (χ3n) is 4.65. The molecule has 0 aliphatic heterocycles. The Morgan fingerprint density at radius 3 is 2.48 bits per heavy atom. The molecule has 0 spiro atoms. The predicted molar refractivity (Wildman–Crippen MR) is 131 cm³/mol. The first-order valence-electron chi connectivity index (χ1n) is 9.25. The Morgan fingerprint density at radius 2 is 1.71 bits per heavy atom. The summed E-state index contributed by atoms with van der Waals surface area (Å²) in [5, 5.41) is 6.80. The quantitative estimate of drug-likeness (QED) is 0.286. The number of thiazole rings is 1. The highest BCUT2D eigenvalue weighted by molar-refractivity contribution is 7.19. The smallest absolute Gasteiger partial charge is 0.258 e. The number of amides is 1. The van der Waals surface area contributed by atoms with Crippen molar-refractivity contribution < 1.29 is 4.79 Å². The molecule has 1 amide bonds. The highest BCUT2D eigenvalue weighted by Gasteiger charge is 2.16. The molecule has 2 aromatic carbocycles. The van der Waals surface area contributed by atoms with E-state index in [9.17, 15) is 4.79 Å². The molecule has 5 rings (SSSR count). The lowest BCUT2D eigenvalue weighted by Gasteiger charge is -2.08. The number of nitrogens with zero attached hydrogens (tertiary/aromatic N) is 2. The summed E-state index contributed by atoms with van der Waals surface area (Å²) in [5.41, 5.74) is 3.71. The van der Waals surface area contributed by atoms with Crippen molar-refractivity contribution in [1.82, 2.24) is 9.97 Å². The number of fused-ring (bicyclic) bond motifs is 1. The van der Waals surface area contributed by atoms with Gasteiger partial charge in [0.1, 0.15) is 0 Å². The van der Waals surface area contributed by atoms with E-state index in [0.29, 0.717) is 25.7 Å². The van der Waals surface area contributed by atoms with Crippen molar-refractivity contribution in [3.8, 4) is 21.8 Å². The summed E-state index contributed by atoms with van der Waals surface area (Å²) in [6.07, 6.45) is 0. The van der Waals surface area contributed by atoms with Crippen LogP contribution in [0, 0.1) is 0 Å². The molecule has 0 bridgehead atoms. The Balaban J connectivity index is 1.49.